The summed E-state index contributed by atoms with van der Waals surface area (Å²) >= 11 is 0. The van der Waals surface area contributed by atoms with Crippen LogP contribution >= 0.6 is 0 Å². The van der Waals surface area contributed by atoms with Crippen molar-refractivity contribution in [3.8, 4) is 11.5 Å². The van der Waals surface area contributed by atoms with E-state index in [9.17, 15) is 4.79 Å². The highest BCUT2D eigenvalue weighted by atomic mass is 16.4. The lowest BCUT2D eigenvalue weighted by Gasteiger charge is -2.31. The first-order chi connectivity index (χ1) is 10.3. The summed E-state index contributed by atoms with van der Waals surface area (Å²) in [7, 11) is 0. The van der Waals surface area contributed by atoms with Gasteiger partial charge in [0.15, 0.2) is 0 Å². The van der Waals surface area contributed by atoms with E-state index < -0.39 is 0 Å². The minimum Gasteiger partial charge on any atom is -0.423 e. The second kappa shape index (κ2) is 6.05. The second-order valence-electron chi connectivity index (χ2n) is 5.24. The molecule has 3 rings (SSSR count). The molecule has 0 saturated carbocycles. The zero-order valence-electron chi connectivity index (χ0n) is 11.6. The van der Waals surface area contributed by atoms with Gasteiger partial charge in [0.05, 0.1) is 0 Å². The maximum Gasteiger partial charge on any atom is 0.253 e. The number of carbonyl (C=O) groups excluding carboxylic acids is 1. The monoisotopic (exact) mass is 287 g/mol. The molecule has 1 aliphatic heterocycles. The van der Waals surface area contributed by atoms with Crippen molar-refractivity contribution >= 4 is 5.91 Å². The number of rotatable bonds is 3. The van der Waals surface area contributed by atoms with E-state index in [4.69, 9.17) is 9.52 Å². The Morgan fingerprint density at radius 3 is 2.57 bits per heavy atom. The molecule has 0 spiro atoms. The summed E-state index contributed by atoms with van der Waals surface area (Å²) in [5.74, 6) is 0.801. The summed E-state index contributed by atoms with van der Waals surface area (Å²) in [5, 5.41) is 16.6. The van der Waals surface area contributed by atoms with E-state index >= 15 is 0 Å². The summed E-state index contributed by atoms with van der Waals surface area (Å²) < 4.78 is 5.12. The fourth-order valence-electron chi connectivity index (χ4n) is 2.56. The number of hydrogen-bond donors (Lipinski definition) is 1. The van der Waals surface area contributed by atoms with Gasteiger partial charge < -0.3 is 14.4 Å². The van der Waals surface area contributed by atoms with Crippen molar-refractivity contribution in [2.24, 2.45) is 5.92 Å². The predicted molar refractivity (Wildman–Crippen MR) is 75.4 cm³/mol. The zero-order chi connectivity index (χ0) is 14.7. The summed E-state index contributed by atoms with van der Waals surface area (Å²) in [4.78, 5) is 14.2. The van der Waals surface area contributed by atoms with E-state index in [1.807, 2.05) is 4.90 Å². The second-order valence-corrected chi connectivity index (χ2v) is 5.24. The maximum atomic E-state index is 12.4. The van der Waals surface area contributed by atoms with Gasteiger partial charge >= 0.3 is 0 Å². The van der Waals surface area contributed by atoms with Crippen molar-refractivity contribution in [2.45, 2.75) is 12.8 Å². The number of hydrogen-bond acceptors (Lipinski definition) is 5. The highest BCUT2D eigenvalue weighted by Crippen LogP contribution is 2.20. The number of aromatic nitrogens is 2. The van der Waals surface area contributed by atoms with Crippen molar-refractivity contribution in [3.05, 3.63) is 36.2 Å². The third-order valence-electron chi connectivity index (χ3n) is 3.90. The van der Waals surface area contributed by atoms with Gasteiger partial charge in [0.25, 0.3) is 5.91 Å². The summed E-state index contributed by atoms with van der Waals surface area (Å²) in [5.41, 5.74) is 1.45. The van der Waals surface area contributed by atoms with Crippen LogP contribution in [0.15, 0.2) is 35.1 Å². The first-order valence-electron chi connectivity index (χ1n) is 7.04. The number of carbonyl (C=O) groups is 1. The van der Waals surface area contributed by atoms with Crippen LogP contribution < -0.4 is 0 Å². The molecule has 1 aromatic heterocycles. The first kappa shape index (κ1) is 13.8. The number of aliphatic hydroxyl groups is 1. The molecule has 21 heavy (non-hydrogen) atoms. The van der Waals surface area contributed by atoms with E-state index in [1.165, 1.54) is 6.39 Å². The average Bonchev–Trinajstić information content (AvgIpc) is 3.09. The number of aliphatic hydroxyl groups excluding tert-OH is 1. The third kappa shape index (κ3) is 2.95. The van der Waals surface area contributed by atoms with Gasteiger partial charge in [0, 0.05) is 30.8 Å². The Morgan fingerprint density at radius 2 is 2.00 bits per heavy atom. The lowest BCUT2D eigenvalue weighted by Crippen LogP contribution is -2.39. The Labute approximate surface area is 122 Å². The largest absolute Gasteiger partial charge is 0.423 e. The van der Waals surface area contributed by atoms with E-state index in [0.717, 1.165) is 18.4 Å². The predicted octanol–water partition coefficient (Wildman–Crippen LogP) is 1.58. The van der Waals surface area contributed by atoms with Crippen LogP contribution in [0.5, 0.6) is 0 Å². The molecule has 0 atom stereocenters. The van der Waals surface area contributed by atoms with Gasteiger partial charge in [-0.05, 0) is 43.0 Å². The van der Waals surface area contributed by atoms with E-state index in [1.54, 1.807) is 24.3 Å². The van der Waals surface area contributed by atoms with Crippen molar-refractivity contribution in [2.75, 3.05) is 19.7 Å². The fraction of sp³-hybridized carbons (Fsp3) is 0.400. The maximum absolute atomic E-state index is 12.4. The van der Waals surface area contributed by atoms with Gasteiger partial charge in [-0.15, -0.1) is 10.2 Å². The van der Waals surface area contributed by atoms with Gasteiger partial charge in [-0.2, -0.15) is 0 Å². The Kier molecular flexibility index (Phi) is 3.96. The van der Waals surface area contributed by atoms with Gasteiger partial charge in [0.1, 0.15) is 0 Å². The molecule has 0 aliphatic carbocycles. The van der Waals surface area contributed by atoms with Crippen molar-refractivity contribution in [3.63, 3.8) is 0 Å². The average molecular weight is 287 g/mol. The topological polar surface area (TPSA) is 79.5 Å². The number of piperidine rings is 1. The normalized spacial score (nSPS) is 16.1. The minimum atomic E-state index is 0.0310. The lowest BCUT2D eigenvalue weighted by molar-refractivity contribution is 0.0651. The van der Waals surface area contributed by atoms with Crippen LogP contribution in [0.1, 0.15) is 23.2 Å². The van der Waals surface area contributed by atoms with Crippen LogP contribution in [-0.4, -0.2) is 45.8 Å². The lowest BCUT2D eigenvalue weighted by atomic mass is 9.97. The first-order valence-corrected chi connectivity index (χ1v) is 7.04. The number of amides is 1. The van der Waals surface area contributed by atoms with Crippen LogP contribution in [0.3, 0.4) is 0 Å². The molecule has 1 saturated heterocycles. The van der Waals surface area contributed by atoms with Crippen LogP contribution in [0, 0.1) is 5.92 Å². The molecule has 1 aromatic carbocycles. The van der Waals surface area contributed by atoms with Gasteiger partial charge in [-0.1, -0.05) is 0 Å². The summed E-state index contributed by atoms with van der Waals surface area (Å²) in [6, 6.07) is 7.17. The van der Waals surface area contributed by atoms with Crippen molar-refractivity contribution in [1.82, 2.24) is 15.1 Å². The smallest absolute Gasteiger partial charge is 0.253 e. The van der Waals surface area contributed by atoms with Gasteiger partial charge in [-0.25, -0.2) is 0 Å². The summed E-state index contributed by atoms with van der Waals surface area (Å²) in [6.45, 7) is 1.62. The molecule has 0 radical (unpaired) electrons. The highest BCUT2D eigenvalue weighted by Gasteiger charge is 2.23. The molecule has 6 nitrogen and oxygen atoms in total. The van der Waals surface area contributed by atoms with Crippen LogP contribution in [-0.2, 0) is 0 Å². The van der Waals surface area contributed by atoms with Crippen LogP contribution in [0.4, 0.5) is 0 Å². The number of nitrogens with zero attached hydrogens (tertiary/aromatic N) is 3. The molecule has 1 fully saturated rings. The summed E-state index contributed by atoms with van der Waals surface area (Å²) in [6.07, 6.45) is 3.00. The molecule has 110 valence electrons. The quantitative estimate of drug-likeness (QED) is 0.927. The van der Waals surface area contributed by atoms with Crippen molar-refractivity contribution < 1.29 is 14.3 Å². The highest BCUT2D eigenvalue weighted by molar-refractivity contribution is 5.94. The Morgan fingerprint density at radius 1 is 1.29 bits per heavy atom. The Hall–Kier alpha value is -2.21. The molecule has 2 heterocycles. The number of likely N-dealkylation sites (tertiary alicyclic amines) is 1. The van der Waals surface area contributed by atoms with Crippen molar-refractivity contribution in [1.29, 1.82) is 0 Å². The van der Waals surface area contributed by atoms with Crippen LogP contribution in [0.2, 0.25) is 0 Å². The molecule has 2 aromatic rings. The molecular formula is C15H17N3O3. The van der Waals surface area contributed by atoms with Gasteiger partial charge in [-0.3, -0.25) is 4.79 Å². The van der Waals surface area contributed by atoms with E-state index in [2.05, 4.69) is 10.2 Å². The molecule has 0 unspecified atom stereocenters. The molecule has 1 amide bonds. The standard InChI is InChI=1S/C15H17N3O3/c19-9-11-5-7-18(8-6-11)15(20)13-3-1-12(2-4-13)14-17-16-10-21-14/h1-4,10-11,19H,5-9H2. The molecule has 1 aliphatic rings. The SMILES string of the molecule is O=C(c1ccc(-c2nnco2)cc1)N1CCC(CO)CC1. The van der Waals surface area contributed by atoms with Gasteiger partial charge in [0.2, 0.25) is 12.3 Å². The molecular weight excluding hydrogens is 270 g/mol. The van der Waals surface area contributed by atoms with E-state index in [-0.39, 0.29) is 12.5 Å². The Bertz CT molecular complexity index is 587. The Balaban J connectivity index is 1.68. The zero-order valence-corrected chi connectivity index (χ0v) is 11.6. The number of benzene rings is 1. The fourth-order valence-corrected chi connectivity index (χ4v) is 2.56. The molecule has 0 bridgehead atoms. The minimum absolute atomic E-state index is 0.0310. The van der Waals surface area contributed by atoms with Crippen LogP contribution in [0.25, 0.3) is 11.5 Å². The molecule has 6 heteroatoms. The van der Waals surface area contributed by atoms with E-state index in [0.29, 0.717) is 30.5 Å². The molecule has 1 N–H and O–H groups in total. The third-order valence-corrected chi connectivity index (χ3v) is 3.90.